The van der Waals surface area contributed by atoms with Crippen LogP contribution in [0, 0.1) is 11.3 Å². The number of hydrogen-bond acceptors (Lipinski definition) is 5. The summed E-state index contributed by atoms with van der Waals surface area (Å²) in [6.45, 7) is 3.41. The molecule has 154 valence electrons. The van der Waals surface area contributed by atoms with E-state index in [0.29, 0.717) is 10.6 Å². The molecule has 6 heteroatoms. The maximum atomic E-state index is 9.98. The lowest BCUT2D eigenvalue weighted by atomic mass is 10.0. The van der Waals surface area contributed by atoms with Crippen LogP contribution in [-0.4, -0.2) is 35.3 Å². The Labute approximate surface area is 191 Å². The van der Waals surface area contributed by atoms with Crippen molar-refractivity contribution in [1.82, 2.24) is 9.88 Å². The van der Waals surface area contributed by atoms with E-state index < -0.39 is 0 Å². The van der Waals surface area contributed by atoms with Gasteiger partial charge < -0.3 is 4.90 Å². The summed E-state index contributed by atoms with van der Waals surface area (Å²) < 4.78 is 0. The van der Waals surface area contributed by atoms with E-state index >= 15 is 0 Å². The summed E-state index contributed by atoms with van der Waals surface area (Å²) in [6.07, 6.45) is 5.27. The van der Waals surface area contributed by atoms with Crippen LogP contribution >= 0.6 is 34.7 Å². The fraction of sp³-hybridized carbons (Fsp3) is 0.333. The van der Waals surface area contributed by atoms with E-state index in [1.165, 1.54) is 38.8 Å². The number of likely N-dealkylation sites (tertiary alicyclic amines) is 1. The molecule has 0 bridgehead atoms. The van der Waals surface area contributed by atoms with Gasteiger partial charge in [-0.1, -0.05) is 42.6 Å². The first kappa shape index (κ1) is 21.4. The van der Waals surface area contributed by atoms with Gasteiger partial charge in [-0.2, -0.15) is 5.26 Å². The minimum Gasteiger partial charge on any atom is -0.303 e. The number of halogens is 1. The molecule has 0 saturated carbocycles. The highest BCUT2D eigenvalue weighted by Crippen LogP contribution is 2.35. The predicted molar refractivity (Wildman–Crippen MR) is 128 cm³/mol. The second kappa shape index (κ2) is 10.5. The van der Waals surface area contributed by atoms with Crippen LogP contribution in [0.4, 0.5) is 0 Å². The zero-order valence-electron chi connectivity index (χ0n) is 16.8. The Kier molecular flexibility index (Phi) is 7.46. The van der Waals surface area contributed by atoms with Gasteiger partial charge in [-0.25, -0.2) is 4.98 Å². The molecule has 4 rings (SSSR count). The normalized spacial score (nSPS) is 14.9. The molecule has 0 aliphatic carbocycles. The number of thioether (sulfide) groups is 1. The second-order valence-corrected chi connectivity index (χ2v) is 9.90. The van der Waals surface area contributed by atoms with Crippen LogP contribution in [-0.2, 0) is 0 Å². The fourth-order valence-corrected chi connectivity index (χ4v) is 5.59. The van der Waals surface area contributed by atoms with Gasteiger partial charge in [0.25, 0.3) is 0 Å². The zero-order chi connectivity index (χ0) is 20.8. The summed E-state index contributed by atoms with van der Waals surface area (Å²) >= 11 is 9.45. The van der Waals surface area contributed by atoms with Crippen LogP contribution in [0.1, 0.15) is 31.2 Å². The molecule has 0 N–H and O–H groups in total. The maximum Gasteiger partial charge on any atom is 0.115 e. The van der Waals surface area contributed by atoms with Gasteiger partial charge in [0.1, 0.15) is 11.1 Å². The lowest BCUT2D eigenvalue weighted by Gasteiger charge is -2.19. The van der Waals surface area contributed by atoms with Crippen LogP contribution in [0.25, 0.3) is 21.7 Å². The molecule has 1 aromatic carbocycles. The van der Waals surface area contributed by atoms with Crippen LogP contribution < -0.4 is 0 Å². The van der Waals surface area contributed by atoms with E-state index in [1.54, 1.807) is 23.1 Å². The summed E-state index contributed by atoms with van der Waals surface area (Å²) in [4.78, 5) is 8.56. The van der Waals surface area contributed by atoms with Crippen LogP contribution in [0.3, 0.4) is 0 Å². The molecule has 1 aliphatic rings. The molecule has 3 heterocycles. The molecule has 3 aromatic rings. The van der Waals surface area contributed by atoms with Crippen molar-refractivity contribution in [3.8, 4) is 27.8 Å². The number of nitrogens with zero attached hydrogens (tertiary/aromatic N) is 3. The van der Waals surface area contributed by atoms with Gasteiger partial charge in [0.05, 0.1) is 16.1 Å². The summed E-state index contributed by atoms with van der Waals surface area (Å²) in [5.41, 5.74) is 3.49. The Morgan fingerprint density at radius 3 is 2.53 bits per heavy atom. The Bertz CT molecular complexity index is 1000. The molecule has 1 fully saturated rings. The Hall–Kier alpha value is -1.84. The molecule has 30 heavy (non-hydrogen) atoms. The van der Waals surface area contributed by atoms with E-state index in [0.717, 1.165) is 39.0 Å². The number of pyridine rings is 1. The van der Waals surface area contributed by atoms with Crippen molar-refractivity contribution >= 4 is 34.7 Å². The van der Waals surface area contributed by atoms with Crippen molar-refractivity contribution < 1.29 is 0 Å². The third kappa shape index (κ3) is 5.25. The van der Waals surface area contributed by atoms with Gasteiger partial charge in [-0.15, -0.1) is 23.1 Å². The molecule has 1 aliphatic heterocycles. The summed E-state index contributed by atoms with van der Waals surface area (Å²) in [7, 11) is 0. The van der Waals surface area contributed by atoms with Crippen molar-refractivity contribution in [3.05, 3.63) is 58.4 Å². The van der Waals surface area contributed by atoms with Crippen LogP contribution in [0.15, 0.2) is 52.9 Å². The lowest BCUT2D eigenvalue weighted by Crippen LogP contribution is -2.27. The van der Waals surface area contributed by atoms with Gasteiger partial charge in [0, 0.05) is 22.9 Å². The van der Waals surface area contributed by atoms with E-state index in [9.17, 15) is 5.26 Å². The molecule has 0 radical (unpaired) electrons. The van der Waals surface area contributed by atoms with Crippen molar-refractivity contribution in [2.45, 2.75) is 30.7 Å². The first-order chi connectivity index (χ1) is 14.7. The number of thiophene rings is 1. The lowest BCUT2D eigenvalue weighted by molar-refractivity contribution is 0.303. The van der Waals surface area contributed by atoms with E-state index in [4.69, 9.17) is 16.6 Å². The summed E-state index contributed by atoms with van der Waals surface area (Å²) in [6, 6.07) is 16.3. The highest BCUT2D eigenvalue weighted by molar-refractivity contribution is 7.99. The Balaban J connectivity index is 1.64. The first-order valence-electron chi connectivity index (χ1n) is 10.3. The van der Waals surface area contributed by atoms with Crippen LogP contribution in [0.5, 0.6) is 0 Å². The summed E-state index contributed by atoms with van der Waals surface area (Å²) in [5, 5.41) is 13.6. The van der Waals surface area contributed by atoms with Gasteiger partial charge in [-0.05, 0) is 61.1 Å². The predicted octanol–water partition coefficient (Wildman–Crippen LogP) is 6.97. The zero-order valence-corrected chi connectivity index (χ0v) is 19.2. The molecular weight excluding hydrogens is 430 g/mol. The average molecular weight is 454 g/mol. The van der Waals surface area contributed by atoms with Gasteiger partial charge in [-0.3, -0.25) is 0 Å². The van der Waals surface area contributed by atoms with Crippen molar-refractivity contribution in [3.63, 3.8) is 0 Å². The molecule has 0 unspecified atom stereocenters. The topological polar surface area (TPSA) is 39.9 Å². The molecular formula is C24H24ClN3S2. The molecule has 3 nitrogen and oxygen atoms in total. The minimum absolute atomic E-state index is 0.651. The SMILES string of the molecule is N#Cc1c(-c2ccc(Cl)cc2)cc(-c2cccs2)nc1SCCN1CCCCCC1. The monoisotopic (exact) mass is 453 g/mol. The standard InChI is InChI=1S/C24H24ClN3S2/c25-19-9-7-18(8-10-19)20-16-22(23-6-5-14-29-23)27-24(21(20)17-26)30-15-13-28-11-3-1-2-4-12-28/h5-10,14,16H,1-4,11-13,15H2. The Morgan fingerprint density at radius 1 is 1.10 bits per heavy atom. The number of aromatic nitrogens is 1. The quantitative estimate of drug-likeness (QED) is 0.378. The highest BCUT2D eigenvalue weighted by Gasteiger charge is 2.17. The van der Waals surface area contributed by atoms with Crippen molar-refractivity contribution in [2.75, 3.05) is 25.4 Å². The van der Waals surface area contributed by atoms with Crippen molar-refractivity contribution in [2.24, 2.45) is 0 Å². The van der Waals surface area contributed by atoms with E-state index in [1.807, 2.05) is 36.4 Å². The number of benzene rings is 1. The van der Waals surface area contributed by atoms with Gasteiger partial charge >= 0.3 is 0 Å². The van der Waals surface area contributed by atoms with Gasteiger partial charge in [0.15, 0.2) is 0 Å². The molecule has 1 saturated heterocycles. The average Bonchev–Trinajstić information content (AvgIpc) is 3.18. The smallest absolute Gasteiger partial charge is 0.115 e. The second-order valence-electron chi connectivity index (χ2n) is 7.44. The summed E-state index contributed by atoms with van der Waals surface area (Å²) in [5.74, 6) is 0.940. The molecule has 0 amide bonds. The fourth-order valence-electron chi connectivity index (χ4n) is 3.77. The number of nitriles is 1. The number of rotatable bonds is 6. The third-order valence-corrected chi connectivity index (χ3v) is 7.47. The van der Waals surface area contributed by atoms with E-state index in [-0.39, 0.29) is 0 Å². The van der Waals surface area contributed by atoms with E-state index in [2.05, 4.69) is 22.4 Å². The molecule has 2 aromatic heterocycles. The van der Waals surface area contributed by atoms with Gasteiger partial charge in [0.2, 0.25) is 0 Å². The number of hydrogen-bond donors (Lipinski definition) is 0. The largest absolute Gasteiger partial charge is 0.303 e. The first-order valence-corrected chi connectivity index (χ1v) is 12.6. The molecule has 0 spiro atoms. The third-order valence-electron chi connectivity index (χ3n) is 5.37. The van der Waals surface area contributed by atoms with Crippen molar-refractivity contribution in [1.29, 1.82) is 5.26 Å². The minimum atomic E-state index is 0.651. The van der Waals surface area contributed by atoms with Crippen LogP contribution in [0.2, 0.25) is 5.02 Å². The molecule has 0 atom stereocenters. The Morgan fingerprint density at radius 2 is 1.87 bits per heavy atom. The highest BCUT2D eigenvalue weighted by atomic mass is 35.5. The maximum absolute atomic E-state index is 9.98.